The van der Waals surface area contributed by atoms with Gasteiger partial charge in [0.05, 0.1) is 5.92 Å². The fourth-order valence-corrected chi connectivity index (χ4v) is 4.19. The second-order valence-corrected chi connectivity index (χ2v) is 7.51. The molecule has 0 radical (unpaired) electrons. The molecule has 7 nitrogen and oxygen atoms in total. The molecule has 4 rings (SSSR count). The molecular formula is C21H25N5O2. The number of aromatic amines is 1. The monoisotopic (exact) mass is 379 g/mol. The number of aromatic nitrogens is 4. The summed E-state index contributed by atoms with van der Waals surface area (Å²) in [6.07, 6.45) is 5.06. The van der Waals surface area contributed by atoms with Gasteiger partial charge in [0, 0.05) is 11.8 Å². The second-order valence-electron chi connectivity index (χ2n) is 7.51. The molecule has 1 aliphatic rings. The molecule has 28 heavy (non-hydrogen) atoms. The number of hydrogen-bond acceptors (Lipinski definition) is 4. The molecule has 146 valence electrons. The Kier molecular flexibility index (Phi) is 4.98. The summed E-state index contributed by atoms with van der Waals surface area (Å²) in [5, 5.41) is 5.75. The van der Waals surface area contributed by atoms with Crippen LogP contribution in [0.1, 0.15) is 55.3 Å². The number of nitrogens with one attached hydrogen (secondary N) is 2. The summed E-state index contributed by atoms with van der Waals surface area (Å²) < 4.78 is 1.26. The lowest BCUT2D eigenvalue weighted by atomic mass is 9.82. The maximum atomic E-state index is 13.3. The lowest BCUT2D eigenvalue weighted by Gasteiger charge is -2.24. The van der Waals surface area contributed by atoms with Gasteiger partial charge in [-0.15, -0.1) is 0 Å². The van der Waals surface area contributed by atoms with Crippen LogP contribution in [0.15, 0.2) is 35.1 Å². The van der Waals surface area contributed by atoms with Crippen LogP contribution < -0.4 is 10.9 Å². The molecule has 1 amide bonds. The lowest BCUT2D eigenvalue weighted by Crippen LogP contribution is -2.27. The van der Waals surface area contributed by atoms with Crippen LogP contribution in [0.2, 0.25) is 0 Å². The van der Waals surface area contributed by atoms with Gasteiger partial charge < -0.3 is 0 Å². The van der Waals surface area contributed by atoms with Crippen molar-refractivity contribution in [3.8, 4) is 0 Å². The van der Waals surface area contributed by atoms with E-state index in [-0.39, 0.29) is 29.1 Å². The first-order valence-electron chi connectivity index (χ1n) is 9.92. The van der Waals surface area contributed by atoms with Crippen LogP contribution in [0.25, 0.3) is 5.78 Å². The van der Waals surface area contributed by atoms with Crippen LogP contribution in [0, 0.1) is 12.8 Å². The van der Waals surface area contributed by atoms with Crippen molar-refractivity contribution < 1.29 is 4.79 Å². The van der Waals surface area contributed by atoms with Gasteiger partial charge in [-0.2, -0.15) is 9.50 Å². The smallest absolute Gasteiger partial charge is 0.274 e. The molecule has 7 heteroatoms. The van der Waals surface area contributed by atoms with Gasteiger partial charge in [-0.1, -0.05) is 44.0 Å². The highest BCUT2D eigenvalue weighted by Gasteiger charge is 2.33. The van der Waals surface area contributed by atoms with Gasteiger partial charge in [0.1, 0.15) is 0 Å². The number of carbonyl (C=O) groups is 1. The van der Waals surface area contributed by atoms with E-state index in [2.05, 4.69) is 20.4 Å². The predicted molar refractivity (Wildman–Crippen MR) is 107 cm³/mol. The number of amides is 1. The van der Waals surface area contributed by atoms with Crippen molar-refractivity contribution in [3.63, 3.8) is 0 Å². The number of fused-ring (bicyclic) bond motifs is 1. The molecule has 1 unspecified atom stereocenters. The van der Waals surface area contributed by atoms with E-state index in [4.69, 9.17) is 0 Å². The summed E-state index contributed by atoms with van der Waals surface area (Å²) >= 11 is 0. The minimum Gasteiger partial charge on any atom is -0.294 e. The first kappa shape index (κ1) is 18.4. The fourth-order valence-electron chi connectivity index (χ4n) is 4.19. The molecule has 2 aromatic heterocycles. The second kappa shape index (κ2) is 7.58. The van der Waals surface area contributed by atoms with E-state index in [1.54, 1.807) is 0 Å². The van der Waals surface area contributed by atoms with Gasteiger partial charge in [-0.3, -0.25) is 20.0 Å². The van der Waals surface area contributed by atoms with Crippen molar-refractivity contribution in [2.75, 3.05) is 5.32 Å². The number of rotatable bonds is 5. The third-order valence-electron chi connectivity index (χ3n) is 5.66. The van der Waals surface area contributed by atoms with E-state index in [0.717, 1.165) is 36.8 Å². The number of nitrogens with zero attached hydrogens (tertiary/aromatic N) is 3. The average molecular weight is 379 g/mol. The highest BCUT2D eigenvalue weighted by Crippen LogP contribution is 2.39. The fraction of sp³-hybridized carbons (Fsp3) is 0.429. The molecule has 1 aromatic carbocycles. The van der Waals surface area contributed by atoms with E-state index >= 15 is 0 Å². The van der Waals surface area contributed by atoms with Gasteiger partial charge in [0.15, 0.2) is 0 Å². The largest absolute Gasteiger partial charge is 0.294 e. The first-order chi connectivity index (χ1) is 13.6. The Morgan fingerprint density at radius 2 is 2.04 bits per heavy atom. The lowest BCUT2D eigenvalue weighted by molar-refractivity contribution is -0.118. The molecule has 0 spiro atoms. The molecule has 0 saturated heterocycles. The summed E-state index contributed by atoms with van der Waals surface area (Å²) in [7, 11) is 0. The Balaban J connectivity index is 1.66. The molecule has 1 saturated carbocycles. The first-order valence-corrected chi connectivity index (χ1v) is 9.92. The van der Waals surface area contributed by atoms with Gasteiger partial charge in [0.2, 0.25) is 11.9 Å². The quantitative estimate of drug-likeness (QED) is 0.712. The van der Waals surface area contributed by atoms with Gasteiger partial charge in [-0.05, 0) is 43.2 Å². The van der Waals surface area contributed by atoms with Gasteiger partial charge >= 0.3 is 0 Å². The third kappa shape index (κ3) is 3.44. The highest BCUT2D eigenvalue weighted by molar-refractivity contribution is 5.95. The van der Waals surface area contributed by atoms with Crippen LogP contribution in [-0.4, -0.2) is 25.5 Å². The molecule has 3 aromatic rings. The Labute approximate surface area is 163 Å². The minimum atomic E-state index is -0.235. The van der Waals surface area contributed by atoms with Crippen molar-refractivity contribution in [1.82, 2.24) is 19.6 Å². The summed E-state index contributed by atoms with van der Waals surface area (Å²) in [5.41, 5.74) is 2.62. The van der Waals surface area contributed by atoms with E-state index in [1.807, 2.05) is 38.1 Å². The molecule has 1 aliphatic carbocycles. The number of H-pyrrole nitrogens is 1. The Bertz CT molecular complexity index is 1060. The Morgan fingerprint density at radius 1 is 1.29 bits per heavy atom. The normalized spacial score (nSPS) is 15.8. The van der Waals surface area contributed by atoms with Gasteiger partial charge in [0.25, 0.3) is 11.3 Å². The molecule has 2 heterocycles. The molecular weight excluding hydrogens is 354 g/mol. The Hall–Kier alpha value is -2.96. The zero-order valence-electron chi connectivity index (χ0n) is 16.2. The maximum absolute atomic E-state index is 13.3. The Morgan fingerprint density at radius 3 is 2.75 bits per heavy atom. The van der Waals surface area contributed by atoms with Crippen molar-refractivity contribution in [3.05, 3.63) is 57.5 Å². The molecule has 0 aliphatic heterocycles. The average Bonchev–Trinajstić information content (AvgIpc) is 3.33. The maximum Gasteiger partial charge on any atom is 0.274 e. The van der Waals surface area contributed by atoms with Crippen LogP contribution in [-0.2, 0) is 11.2 Å². The van der Waals surface area contributed by atoms with E-state index < -0.39 is 0 Å². The summed E-state index contributed by atoms with van der Waals surface area (Å²) in [4.78, 5) is 34.1. The third-order valence-corrected chi connectivity index (χ3v) is 5.66. The highest BCUT2D eigenvalue weighted by atomic mass is 16.2. The number of anilines is 1. The summed E-state index contributed by atoms with van der Waals surface area (Å²) in [6, 6.07) is 9.53. The number of hydrogen-bond donors (Lipinski definition) is 2. The molecule has 1 atom stereocenters. The van der Waals surface area contributed by atoms with Crippen LogP contribution in [0.4, 0.5) is 5.95 Å². The van der Waals surface area contributed by atoms with Gasteiger partial charge in [-0.25, -0.2) is 4.98 Å². The van der Waals surface area contributed by atoms with Crippen molar-refractivity contribution in [2.24, 2.45) is 5.92 Å². The minimum absolute atomic E-state index is 0.0935. The van der Waals surface area contributed by atoms with Crippen molar-refractivity contribution in [1.29, 1.82) is 0 Å². The van der Waals surface area contributed by atoms with Crippen LogP contribution in [0.3, 0.4) is 0 Å². The summed E-state index contributed by atoms with van der Waals surface area (Å²) in [6.45, 7) is 3.98. The number of benzene rings is 1. The van der Waals surface area contributed by atoms with E-state index in [1.165, 1.54) is 10.6 Å². The van der Waals surface area contributed by atoms with E-state index in [0.29, 0.717) is 18.0 Å². The standard InChI is InChI=1S/C21H25N5O2/c1-3-15-12-17(27)26-21(22-15)24-20(25-26)23-19(28)18(14-9-5-6-10-14)16-11-7-4-8-13(16)2/h4,7-8,11-12,14,18H,3,5-6,9-10H2,1-2H3,(H2,22,23,24,25,28). The number of aryl methyl sites for hydroxylation is 2. The number of carbonyl (C=O) groups excluding carboxylic acids is 1. The predicted octanol–water partition coefficient (Wildman–Crippen LogP) is 3.20. The van der Waals surface area contributed by atoms with E-state index in [9.17, 15) is 9.59 Å². The van der Waals surface area contributed by atoms with Crippen molar-refractivity contribution in [2.45, 2.75) is 51.9 Å². The van der Waals surface area contributed by atoms with Crippen LogP contribution >= 0.6 is 0 Å². The summed E-state index contributed by atoms with van der Waals surface area (Å²) in [5.74, 6) is 0.516. The molecule has 0 bridgehead atoms. The topological polar surface area (TPSA) is 92.2 Å². The SMILES string of the molecule is CCc1cc(=O)n2[nH]c(NC(=O)C(c3ccccc3C)C3CCCC3)nc2n1. The molecule has 2 N–H and O–H groups in total. The molecule has 1 fully saturated rings. The van der Waals surface area contributed by atoms with Crippen molar-refractivity contribution >= 4 is 17.6 Å². The zero-order valence-corrected chi connectivity index (χ0v) is 16.2. The van der Waals surface area contributed by atoms with Crippen LogP contribution in [0.5, 0.6) is 0 Å². The zero-order chi connectivity index (χ0) is 19.7.